The Morgan fingerprint density at radius 3 is 1.85 bits per heavy atom. The quantitative estimate of drug-likeness (QED) is 0.606. The van der Waals surface area contributed by atoms with E-state index in [1.807, 2.05) is 72.8 Å². The molecule has 3 N–H and O–H groups in total. The van der Waals surface area contributed by atoms with Gasteiger partial charge >= 0.3 is 6.03 Å². The highest BCUT2D eigenvalue weighted by Crippen LogP contribution is 2.21. The first-order chi connectivity index (χ1) is 13.2. The van der Waals surface area contributed by atoms with Gasteiger partial charge in [0, 0.05) is 24.3 Å². The zero-order valence-corrected chi connectivity index (χ0v) is 14.8. The van der Waals surface area contributed by atoms with E-state index < -0.39 is 0 Å². The molecule has 0 aromatic heterocycles. The minimum absolute atomic E-state index is 0.150. The van der Waals surface area contributed by atoms with Gasteiger partial charge in [-0.15, -0.1) is 0 Å². The lowest BCUT2D eigenvalue weighted by atomic mass is 10.1. The zero-order chi connectivity index (χ0) is 18.9. The van der Waals surface area contributed by atoms with Crippen LogP contribution in [0.4, 0.5) is 16.2 Å². The number of amides is 3. The monoisotopic (exact) mass is 359 g/mol. The Labute approximate surface area is 158 Å². The molecule has 0 saturated heterocycles. The Balaban J connectivity index is 1.42. The highest BCUT2D eigenvalue weighted by atomic mass is 16.2. The second-order valence-corrected chi connectivity index (χ2v) is 5.99. The van der Waals surface area contributed by atoms with Crippen molar-refractivity contribution in [3.63, 3.8) is 0 Å². The van der Waals surface area contributed by atoms with Crippen LogP contribution in [-0.4, -0.2) is 18.5 Å². The van der Waals surface area contributed by atoms with Crippen molar-refractivity contribution in [1.82, 2.24) is 5.32 Å². The van der Waals surface area contributed by atoms with Crippen LogP contribution in [0.5, 0.6) is 0 Å². The highest BCUT2D eigenvalue weighted by Gasteiger charge is 2.05. The summed E-state index contributed by atoms with van der Waals surface area (Å²) in [5.41, 5.74) is 3.66. The standard InChI is InChI=1S/C22H21N3O2/c26-21(15-16-23-22(27)25-19-9-5-2-6-10-19)24-20-13-11-18(12-14-20)17-7-3-1-4-8-17/h1-14H,15-16H2,(H,24,26)(H2,23,25,27). The predicted molar refractivity (Wildman–Crippen MR) is 109 cm³/mol. The minimum Gasteiger partial charge on any atom is -0.337 e. The molecule has 0 aliphatic carbocycles. The second-order valence-electron chi connectivity index (χ2n) is 5.99. The first kappa shape index (κ1) is 18.2. The third kappa shape index (κ3) is 5.71. The summed E-state index contributed by atoms with van der Waals surface area (Å²) in [7, 11) is 0. The molecule has 0 bridgehead atoms. The molecule has 0 atom stereocenters. The van der Waals surface area contributed by atoms with Crippen molar-refractivity contribution in [2.75, 3.05) is 17.2 Å². The molecular formula is C22H21N3O2. The van der Waals surface area contributed by atoms with Crippen LogP contribution in [0.1, 0.15) is 6.42 Å². The number of anilines is 2. The van der Waals surface area contributed by atoms with E-state index in [0.717, 1.165) is 16.8 Å². The molecule has 0 aliphatic rings. The van der Waals surface area contributed by atoms with Crippen molar-refractivity contribution in [1.29, 1.82) is 0 Å². The summed E-state index contributed by atoms with van der Waals surface area (Å²) in [5.74, 6) is -0.150. The summed E-state index contributed by atoms with van der Waals surface area (Å²) in [6.45, 7) is 0.257. The van der Waals surface area contributed by atoms with Crippen molar-refractivity contribution < 1.29 is 9.59 Å². The summed E-state index contributed by atoms with van der Waals surface area (Å²) in [4.78, 5) is 23.8. The predicted octanol–water partition coefficient (Wildman–Crippen LogP) is 4.50. The van der Waals surface area contributed by atoms with Crippen LogP contribution in [-0.2, 0) is 4.79 Å². The van der Waals surface area contributed by atoms with Gasteiger partial charge in [-0.25, -0.2) is 4.79 Å². The normalized spacial score (nSPS) is 10.1. The summed E-state index contributed by atoms with van der Waals surface area (Å²) >= 11 is 0. The van der Waals surface area contributed by atoms with Gasteiger partial charge in [0.25, 0.3) is 0 Å². The molecule has 0 spiro atoms. The number of para-hydroxylation sites is 1. The SMILES string of the molecule is O=C(CCNC(=O)Nc1ccccc1)Nc1ccc(-c2ccccc2)cc1. The molecule has 0 heterocycles. The Morgan fingerprint density at radius 2 is 1.19 bits per heavy atom. The van der Waals surface area contributed by atoms with E-state index in [-0.39, 0.29) is 24.9 Å². The van der Waals surface area contributed by atoms with E-state index in [1.54, 1.807) is 12.1 Å². The number of benzene rings is 3. The Hall–Kier alpha value is -3.60. The van der Waals surface area contributed by atoms with Crippen molar-refractivity contribution >= 4 is 23.3 Å². The molecule has 3 amide bonds. The molecule has 0 fully saturated rings. The summed E-state index contributed by atoms with van der Waals surface area (Å²) < 4.78 is 0. The average Bonchev–Trinajstić information content (AvgIpc) is 2.70. The fourth-order valence-electron chi connectivity index (χ4n) is 2.59. The number of carbonyl (C=O) groups excluding carboxylic acids is 2. The zero-order valence-electron chi connectivity index (χ0n) is 14.8. The topological polar surface area (TPSA) is 70.2 Å². The summed E-state index contributed by atoms with van der Waals surface area (Å²) in [6, 6.07) is 26.5. The smallest absolute Gasteiger partial charge is 0.319 e. The molecule has 5 heteroatoms. The molecule has 5 nitrogen and oxygen atoms in total. The molecule has 0 saturated carbocycles. The Bertz CT molecular complexity index is 878. The van der Waals surface area contributed by atoms with E-state index in [9.17, 15) is 9.59 Å². The van der Waals surface area contributed by atoms with Crippen molar-refractivity contribution in [3.8, 4) is 11.1 Å². The van der Waals surface area contributed by atoms with Gasteiger partial charge in [0.05, 0.1) is 0 Å². The van der Waals surface area contributed by atoms with Gasteiger partial charge in [-0.2, -0.15) is 0 Å². The van der Waals surface area contributed by atoms with Crippen LogP contribution >= 0.6 is 0 Å². The number of nitrogens with one attached hydrogen (secondary N) is 3. The van der Waals surface area contributed by atoms with Crippen LogP contribution in [0.2, 0.25) is 0 Å². The van der Waals surface area contributed by atoms with Crippen LogP contribution < -0.4 is 16.0 Å². The largest absolute Gasteiger partial charge is 0.337 e. The molecule has 3 aromatic carbocycles. The first-order valence-electron chi connectivity index (χ1n) is 8.76. The number of rotatable bonds is 6. The average molecular weight is 359 g/mol. The molecule has 136 valence electrons. The van der Waals surface area contributed by atoms with Gasteiger partial charge < -0.3 is 16.0 Å². The lowest BCUT2D eigenvalue weighted by molar-refractivity contribution is -0.116. The van der Waals surface area contributed by atoms with Gasteiger partial charge in [0.2, 0.25) is 5.91 Å². The Morgan fingerprint density at radius 1 is 0.630 bits per heavy atom. The van der Waals surface area contributed by atoms with Gasteiger partial charge in [0.15, 0.2) is 0 Å². The van der Waals surface area contributed by atoms with E-state index in [2.05, 4.69) is 16.0 Å². The highest BCUT2D eigenvalue weighted by molar-refractivity contribution is 5.92. The number of carbonyl (C=O) groups is 2. The molecule has 3 aromatic rings. The first-order valence-corrected chi connectivity index (χ1v) is 8.76. The van der Waals surface area contributed by atoms with Crippen LogP contribution in [0.15, 0.2) is 84.9 Å². The molecule has 0 aliphatic heterocycles. The number of hydrogen-bond donors (Lipinski definition) is 3. The van der Waals surface area contributed by atoms with E-state index in [0.29, 0.717) is 5.69 Å². The van der Waals surface area contributed by atoms with Crippen molar-refractivity contribution in [2.45, 2.75) is 6.42 Å². The minimum atomic E-state index is -0.332. The molecule has 27 heavy (non-hydrogen) atoms. The number of urea groups is 1. The van der Waals surface area contributed by atoms with E-state index in [4.69, 9.17) is 0 Å². The Kier molecular flexibility index (Phi) is 6.20. The van der Waals surface area contributed by atoms with Gasteiger partial charge in [-0.3, -0.25) is 4.79 Å². The van der Waals surface area contributed by atoms with Gasteiger partial charge in [0.1, 0.15) is 0 Å². The van der Waals surface area contributed by atoms with Gasteiger partial charge in [-0.1, -0.05) is 60.7 Å². The van der Waals surface area contributed by atoms with Crippen LogP contribution in [0.3, 0.4) is 0 Å². The van der Waals surface area contributed by atoms with Crippen LogP contribution in [0.25, 0.3) is 11.1 Å². The van der Waals surface area contributed by atoms with Crippen molar-refractivity contribution in [3.05, 3.63) is 84.9 Å². The maximum absolute atomic E-state index is 12.0. The van der Waals surface area contributed by atoms with E-state index >= 15 is 0 Å². The van der Waals surface area contributed by atoms with E-state index in [1.165, 1.54) is 0 Å². The third-order valence-corrected chi connectivity index (χ3v) is 3.95. The maximum Gasteiger partial charge on any atom is 0.319 e. The summed E-state index contributed by atoms with van der Waals surface area (Å²) in [6.07, 6.45) is 0.197. The molecular weight excluding hydrogens is 338 g/mol. The third-order valence-electron chi connectivity index (χ3n) is 3.95. The fraction of sp³-hybridized carbons (Fsp3) is 0.0909. The summed E-state index contributed by atoms with van der Waals surface area (Å²) in [5, 5.41) is 8.21. The fourth-order valence-corrected chi connectivity index (χ4v) is 2.59. The lowest BCUT2D eigenvalue weighted by Crippen LogP contribution is -2.31. The van der Waals surface area contributed by atoms with Crippen molar-refractivity contribution in [2.24, 2.45) is 0 Å². The molecule has 0 radical (unpaired) electrons. The second kappa shape index (κ2) is 9.20. The number of hydrogen-bond acceptors (Lipinski definition) is 2. The van der Waals surface area contributed by atoms with Crippen LogP contribution in [0, 0.1) is 0 Å². The molecule has 0 unspecified atom stereocenters. The lowest BCUT2D eigenvalue weighted by Gasteiger charge is -2.09. The van der Waals surface area contributed by atoms with Gasteiger partial charge in [-0.05, 0) is 35.4 Å². The maximum atomic E-state index is 12.0. The molecule has 3 rings (SSSR count).